The molecule has 0 atom stereocenters. The summed E-state index contributed by atoms with van der Waals surface area (Å²) in [6.45, 7) is 23.6. The van der Waals surface area contributed by atoms with Crippen molar-refractivity contribution in [1.29, 1.82) is 0 Å². The van der Waals surface area contributed by atoms with Gasteiger partial charge < -0.3 is 9.13 Å². The third-order valence-electron chi connectivity index (χ3n) is 9.57. The van der Waals surface area contributed by atoms with E-state index in [4.69, 9.17) is 19.7 Å². The second-order valence-electron chi connectivity index (χ2n) is 12.2. The highest BCUT2D eigenvalue weighted by Crippen LogP contribution is 2.43. The van der Waals surface area contributed by atoms with E-state index in [1.165, 1.54) is 0 Å². The van der Waals surface area contributed by atoms with E-state index in [9.17, 15) is 0 Å². The Hall–Kier alpha value is -7.39. The number of fused-ring (bicyclic) bond motifs is 6. The minimum Gasteiger partial charge on any atom is -0.310 e. The first-order chi connectivity index (χ1) is 24.7. The van der Waals surface area contributed by atoms with Gasteiger partial charge in [-0.3, -0.25) is 0 Å². The van der Waals surface area contributed by atoms with Crippen molar-refractivity contribution in [2.24, 2.45) is 0 Å². The van der Waals surface area contributed by atoms with Crippen molar-refractivity contribution in [3.8, 4) is 33.6 Å². The van der Waals surface area contributed by atoms with Crippen LogP contribution in [0.3, 0.4) is 0 Å². The van der Waals surface area contributed by atoms with Crippen molar-refractivity contribution in [3.63, 3.8) is 0 Å². The SMILES string of the molecule is [C-]#[N+]c1ccc2c(c1)c1ccccc1n2-c1cccc(-c2ccc([N+]#[C-])c(-c3ccccc3-n3c4ccccc4c4c([N+]#[C-])cccc43)c2)c1. The van der Waals surface area contributed by atoms with Crippen molar-refractivity contribution < 1.29 is 0 Å². The van der Waals surface area contributed by atoms with E-state index in [2.05, 4.69) is 96.5 Å². The van der Waals surface area contributed by atoms with E-state index in [1.54, 1.807) is 0 Å². The van der Waals surface area contributed by atoms with Gasteiger partial charge in [0.05, 0.1) is 42.0 Å². The topological polar surface area (TPSA) is 22.9 Å². The van der Waals surface area contributed by atoms with E-state index < -0.39 is 0 Å². The lowest BCUT2D eigenvalue weighted by Gasteiger charge is -2.16. The lowest BCUT2D eigenvalue weighted by atomic mass is 9.96. The molecule has 9 aromatic rings. The zero-order valence-electron chi connectivity index (χ0n) is 26.7. The van der Waals surface area contributed by atoms with Crippen LogP contribution in [0.5, 0.6) is 0 Å². The van der Waals surface area contributed by atoms with Gasteiger partial charge in [0, 0.05) is 22.0 Å². The summed E-state index contributed by atoms with van der Waals surface area (Å²) in [4.78, 5) is 11.5. The van der Waals surface area contributed by atoms with Crippen LogP contribution in [0.25, 0.3) is 91.8 Å². The fourth-order valence-electron chi connectivity index (χ4n) is 7.41. The molecule has 230 valence electrons. The number of para-hydroxylation sites is 3. The Balaban J connectivity index is 1.24. The van der Waals surface area contributed by atoms with Crippen LogP contribution in [-0.4, -0.2) is 9.13 Å². The molecule has 0 aliphatic rings. The first-order valence-electron chi connectivity index (χ1n) is 16.2. The predicted molar refractivity (Wildman–Crippen MR) is 205 cm³/mol. The van der Waals surface area contributed by atoms with E-state index in [-0.39, 0.29) is 0 Å². The quantitative estimate of drug-likeness (QED) is 0.172. The number of hydrogen-bond donors (Lipinski definition) is 0. The molecule has 0 radical (unpaired) electrons. The minimum absolute atomic E-state index is 0.568. The molecule has 9 rings (SSSR count). The Bertz CT molecular complexity index is 2970. The molecule has 2 heterocycles. The van der Waals surface area contributed by atoms with Gasteiger partial charge in [-0.2, -0.15) is 0 Å². The number of nitrogens with zero attached hydrogens (tertiary/aromatic N) is 5. The molecule has 0 amide bonds. The van der Waals surface area contributed by atoms with Gasteiger partial charge in [-0.05, 0) is 81.6 Å². The Morgan fingerprint density at radius 3 is 1.90 bits per heavy atom. The average Bonchev–Trinajstić information content (AvgIpc) is 3.70. The summed E-state index contributed by atoms with van der Waals surface area (Å²) >= 11 is 0. The number of hydrogen-bond acceptors (Lipinski definition) is 0. The third kappa shape index (κ3) is 4.31. The van der Waals surface area contributed by atoms with Gasteiger partial charge in [-0.25, -0.2) is 14.5 Å². The molecule has 5 heteroatoms. The summed E-state index contributed by atoms with van der Waals surface area (Å²) in [6, 6.07) is 51.0. The molecule has 5 nitrogen and oxygen atoms in total. The second-order valence-corrected chi connectivity index (χ2v) is 12.2. The molecular weight excluding hydrogens is 611 g/mol. The average molecular weight is 636 g/mol. The monoisotopic (exact) mass is 635 g/mol. The molecule has 7 aromatic carbocycles. The maximum Gasteiger partial charge on any atom is 0.197 e. The van der Waals surface area contributed by atoms with Gasteiger partial charge >= 0.3 is 0 Å². The third-order valence-corrected chi connectivity index (χ3v) is 9.57. The molecule has 0 aliphatic carbocycles. The molecule has 0 saturated heterocycles. The zero-order valence-corrected chi connectivity index (χ0v) is 26.7. The molecule has 0 fully saturated rings. The molecule has 0 unspecified atom stereocenters. The van der Waals surface area contributed by atoms with Crippen molar-refractivity contribution in [2.75, 3.05) is 0 Å². The largest absolute Gasteiger partial charge is 0.310 e. The highest BCUT2D eigenvalue weighted by molar-refractivity contribution is 6.15. The van der Waals surface area contributed by atoms with Crippen molar-refractivity contribution >= 4 is 60.7 Å². The molecule has 2 aromatic heterocycles. The first kappa shape index (κ1) is 28.8. The summed E-state index contributed by atoms with van der Waals surface area (Å²) in [6.07, 6.45) is 0. The molecule has 0 N–H and O–H groups in total. The maximum absolute atomic E-state index is 8.14. The number of benzene rings is 7. The Labute approximate surface area is 288 Å². The van der Waals surface area contributed by atoms with Crippen LogP contribution in [0, 0.1) is 19.7 Å². The van der Waals surface area contributed by atoms with Crippen LogP contribution in [0.4, 0.5) is 17.1 Å². The zero-order chi connectivity index (χ0) is 33.8. The maximum atomic E-state index is 8.14. The summed E-state index contributed by atoms with van der Waals surface area (Å²) in [5.74, 6) is 0. The van der Waals surface area contributed by atoms with E-state index >= 15 is 0 Å². The predicted octanol–water partition coefficient (Wildman–Crippen LogP) is 12.9. The van der Waals surface area contributed by atoms with Crippen LogP contribution in [0.1, 0.15) is 0 Å². The number of rotatable bonds is 4. The first-order valence-corrected chi connectivity index (χ1v) is 16.2. The van der Waals surface area contributed by atoms with E-state index in [0.717, 1.165) is 77.2 Å². The summed E-state index contributed by atoms with van der Waals surface area (Å²) in [7, 11) is 0. The van der Waals surface area contributed by atoms with Crippen LogP contribution < -0.4 is 0 Å². The van der Waals surface area contributed by atoms with Crippen LogP contribution in [0.2, 0.25) is 0 Å². The summed E-state index contributed by atoms with van der Waals surface area (Å²) in [5, 5.41) is 4.11. The normalized spacial score (nSPS) is 11.1. The fourth-order valence-corrected chi connectivity index (χ4v) is 7.41. The molecule has 0 spiro atoms. The highest BCUT2D eigenvalue weighted by Gasteiger charge is 2.19. The lowest BCUT2D eigenvalue weighted by molar-refractivity contribution is 1.18. The Morgan fingerprint density at radius 1 is 0.400 bits per heavy atom. The lowest BCUT2D eigenvalue weighted by Crippen LogP contribution is -1.97. The standard InChI is InChI=1S/C45H25N5/c1-46-31-23-25-43-37(28-31)34-15-5-7-18-40(34)49(43)32-13-10-12-29(26-32)30-22-24-38(47-2)36(27-30)33-14-4-8-19-41(33)50-42-20-9-6-16-35(42)45-39(48-3)17-11-21-44(45)50/h4-28H. The van der Waals surface area contributed by atoms with E-state index in [0.29, 0.717) is 17.1 Å². The molecular formula is C45H25N5. The summed E-state index contributed by atoms with van der Waals surface area (Å²) < 4.78 is 4.47. The van der Waals surface area contributed by atoms with Gasteiger partial charge in [0.15, 0.2) is 17.1 Å². The molecule has 0 bridgehead atoms. The second kappa shape index (κ2) is 11.4. The van der Waals surface area contributed by atoms with Crippen LogP contribution in [-0.2, 0) is 0 Å². The van der Waals surface area contributed by atoms with Crippen molar-refractivity contribution in [1.82, 2.24) is 9.13 Å². The van der Waals surface area contributed by atoms with Gasteiger partial charge in [0.1, 0.15) is 0 Å². The van der Waals surface area contributed by atoms with Gasteiger partial charge in [0.25, 0.3) is 0 Å². The van der Waals surface area contributed by atoms with Crippen molar-refractivity contribution in [3.05, 3.63) is 186 Å². The fraction of sp³-hybridized carbons (Fsp3) is 0. The molecule has 0 saturated carbocycles. The minimum atomic E-state index is 0.568. The highest BCUT2D eigenvalue weighted by atomic mass is 15.0. The number of aromatic nitrogens is 2. The van der Waals surface area contributed by atoms with Crippen LogP contribution >= 0.6 is 0 Å². The Kier molecular flexibility index (Phi) is 6.56. The molecule has 0 aliphatic heterocycles. The smallest absolute Gasteiger partial charge is 0.197 e. The summed E-state index contributed by atoms with van der Waals surface area (Å²) in [5.41, 5.74) is 11.7. The van der Waals surface area contributed by atoms with Gasteiger partial charge in [0.2, 0.25) is 0 Å². The van der Waals surface area contributed by atoms with Crippen molar-refractivity contribution in [2.45, 2.75) is 0 Å². The van der Waals surface area contributed by atoms with E-state index in [1.807, 2.05) is 78.9 Å². The Morgan fingerprint density at radius 2 is 1.08 bits per heavy atom. The van der Waals surface area contributed by atoms with Gasteiger partial charge in [-0.1, -0.05) is 103 Å². The molecule has 50 heavy (non-hydrogen) atoms. The van der Waals surface area contributed by atoms with Crippen LogP contribution in [0.15, 0.2) is 152 Å². The van der Waals surface area contributed by atoms with Gasteiger partial charge in [-0.15, -0.1) is 0 Å².